The normalized spacial score (nSPS) is 25.2. The molecule has 1 aromatic carbocycles. The van der Waals surface area contributed by atoms with Crippen molar-refractivity contribution in [1.82, 2.24) is 5.32 Å². The zero-order valence-corrected chi connectivity index (χ0v) is 12.6. The number of fused-ring (bicyclic) bond motifs is 1. The number of hydrogen-bond acceptors (Lipinski definition) is 4. The van der Waals surface area contributed by atoms with Gasteiger partial charge in [0.25, 0.3) is 0 Å². The molecule has 0 saturated carbocycles. The molecule has 22 heavy (non-hydrogen) atoms. The second-order valence-electron chi connectivity index (χ2n) is 5.88. The Morgan fingerprint density at radius 1 is 1.41 bits per heavy atom. The zero-order chi connectivity index (χ0) is 15.7. The van der Waals surface area contributed by atoms with Crippen LogP contribution in [-0.4, -0.2) is 25.2 Å². The van der Waals surface area contributed by atoms with E-state index in [1.807, 2.05) is 0 Å². The van der Waals surface area contributed by atoms with Crippen LogP contribution in [-0.2, 0) is 9.53 Å². The van der Waals surface area contributed by atoms with Gasteiger partial charge < -0.3 is 20.5 Å². The van der Waals surface area contributed by atoms with Crippen molar-refractivity contribution in [3.05, 3.63) is 29.1 Å². The molecule has 1 saturated heterocycles. The fourth-order valence-corrected chi connectivity index (χ4v) is 3.23. The number of carbonyl (C=O) groups is 1. The summed E-state index contributed by atoms with van der Waals surface area (Å²) in [6.07, 6.45) is 2.33. The topological polar surface area (TPSA) is 73.6 Å². The van der Waals surface area contributed by atoms with E-state index in [1.54, 1.807) is 0 Å². The first kappa shape index (κ1) is 15.2. The summed E-state index contributed by atoms with van der Waals surface area (Å²) < 4.78 is 25.4. The molecule has 3 unspecified atom stereocenters. The molecule has 2 aliphatic rings. The lowest BCUT2D eigenvalue weighted by Crippen LogP contribution is -2.32. The third kappa shape index (κ3) is 2.94. The molecule has 0 bridgehead atoms. The van der Waals surface area contributed by atoms with Crippen LogP contribution in [0.25, 0.3) is 0 Å². The highest BCUT2D eigenvalue weighted by Gasteiger charge is 2.31. The van der Waals surface area contributed by atoms with Crippen molar-refractivity contribution < 1.29 is 18.7 Å². The molecule has 5 nitrogen and oxygen atoms in total. The second kappa shape index (κ2) is 6.22. The fourth-order valence-electron chi connectivity index (χ4n) is 3.23. The van der Waals surface area contributed by atoms with Crippen molar-refractivity contribution in [1.29, 1.82) is 0 Å². The third-order valence-corrected chi connectivity index (χ3v) is 4.24. The van der Waals surface area contributed by atoms with Gasteiger partial charge in [-0.05, 0) is 25.0 Å². The van der Waals surface area contributed by atoms with E-state index >= 15 is 0 Å². The molecule has 1 aromatic rings. The summed E-state index contributed by atoms with van der Waals surface area (Å²) in [6.45, 7) is 2.60. The van der Waals surface area contributed by atoms with Gasteiger partial charge in [0, 0.05) is 31.1 Å². The minimum atomic E-state index is -0.428. The molecule has 0 radical (unpaired) electrons. The number of carbonyl (C=O) groups excluding carboxylic acids is 1. The van der Waals surface area contributed by atoms with E-state index in [0.717, 1.165) is 12.8 Å². The van der Waals surface area contributed by atoms with E-state index in [9.17, 15) is 9.18 Å². The van der Waals surface area contributed by atoms with Crippen molar-refractivity contribution in [2.24, 2.45) is 5.73 Å². The van der Waals surface area contributed by atoms with Gasteiger partial charge in [-0.1, -0.05) is 0 Å². The maximum Gasteiger partial charge on any atom is 0.217 e. The molecular weight excluding hydrogens is 287 g/mol. The van der Waals surface area contributed by atoms with Crippen molar-refractivity contribution in [2.45, 2.75) is 44.4 Å². The fraction of sp³-hybridized carbons (Fsp3) is 0.562. The van der Waals surface area contributed by atoms with E-state index in [2.05, 4.69) is 5.32 Å². The first-order valence-corrected chi connectivity index (χ1v) is 7.66. The molecule has 0 aromatic heterocycles. The molecule has 0 spiro atoms. The molecule has 6 heteroatoms. The number of halogens is 1. The van der Waals surface area contributed by atoms with Gasteiger partial charge in [-0.3, -0.25) is 4.79 Å². The summed E-state index contributed by atoms with van der Waals surface area (Å²) in [4.78, 5) is 11.3. The van der Waals surface area contributed by atoms with Crippen LogP contribution < -0.4 is 15.8 Å². The molecule has 1 amide bonds. The molecule has 3 rings (SSSR count). The van der Waals surface area contributed by atoms with Crippen LogP contribution in [0.15, 0.2) is 12.1 Å². The lowest BCUT2D eigenvalue weighted by Gasteiger charge is -2.30. The first-order valence-electron chi connectivity index (χ1n) is 7.66. The van der Waals surface area contributed by atoms with Gasteiger partial charge in [0.2, 0.25) is 5.91 Å². The van der Waals surface area contributed by atoms with Crippen LogP contribution in [0.4, 0.5) is 4.39 Å². The van der Waals surface area contributed by atoms with E-state index in [4.69, 9.17) is 15.2 Å². The summed E-state index contributed by atoms with van der Waals surface area (Å²) in [5, 5.41) is 2.84. The molecule has 0 aliphatic carbocycles. The van der Waals surface area contributed by atoms with Gasteiger partial charge in [-0.2, -0.15) is 0 Å². The summed E-state index contributed by atoms with van der Waals surface area (Å²) in [7, 11) is 0. The standard InChI is InChI=1S/C16H21FN2O3/c1-9(20)19-13-4-6-22-16-11(13)7-10(17)8-12(16)15(18)14-3-2-5-21-14/h7-8,13-15H,2-6,18H2,1H3,(H,19,20). The van der Waals surface area contributed by atoms with Crippen LogP contribution in [0.1, 0.15) is 49.4 Å². The van der Waals surface area contributed by atoms with Crippen molar-refractivity contribution >= 4 is 5.91 Å². The quantitative estimate of drug-likeness (QED) is 0.895. The van der Waals surface area contributed by atoms with Gasteiger partial charge in [0.15, 0.2) is 0 Å². The minimum absolute atomic E-state index is 0.115. The third-order valence-electron chi connectivity index (χ3n) is 4.24. The predicted molar refractivity (Wildman–Crippen MR) is 79.0 cm³/mol. The van der Waals surface area contributed by atoms with Crippen LogP contribution in [0.2, 0.25) is 0 Å². The smallest absolute Gasteiger partial charge is 0.217 e. The Kier molecular flexibility index (Phi) is 4.31. The lowest BCUT2D eigenvalue weighted by atomic mass is 9.92. The number of ether oxygens (including phenoxy) is 2. The number of rotatable bonds is 3. The highest BCUT2D eigenvalue weighted by atomic mass is 19.1. The minimum Gasteiger partial charge on any atom is -0.493 e. The van der Waals surface area contributed by atoms with E-state index in [1.165, 1.54) is 19.1 Å². The Bertz CT molecular complexity index is 573. The summed E-state index contributed by atoms with van der Waals surface area (Å²) in [5.74, 6) is 0.0736. The summed E-state index contributed by atoms with van der Waals surface area (Å²) in [5.41, 5.74) is 7.56. The number of nitrogens with one attached hydrogen (secondary N) is 1. The maximum absolute atomic E-state index is 14.0. The Morgan fingerprint density at radius 3 is 2.91 bits per heavy atom. The number of hydrogen-bond donors (Lipinski definition) is 2. The Morgan fingerprint density at radius 2 is 2.23 bits per heavy atom. The van der Waals surface area contributed by atoms with Crippen LogP contribution in [0.5, 0.6) is 5.75 Å². The number of benzene rings is 1. The maximum atomic E-state index is 14.0. The molecule has 2 aliphatic heterocycles. The molecular formula is C16H21FN2O3. The molecule has 1 fully saturated rings. The highest BCUT2D eigenvalue weighted by molar-refractivity contribution is 5.73. The highest BCUT2D eigenvalue weighted by Crippen LogP contribution is 2.40. The van der Waals surface area contributed by atoms with Crippen molar-refractivity contribution in [3.8, 4) is 5.75 Å². The average Bonchev–Trinajstić information content (AvgIpc) is 3.00. The number of nitrogens with two attached hydrogens (primary N) is 1. The van der Waals surface area contributed by atoms with Crippen LogP contribution in [0.3, 0.4) is 0 Å². The molecule has 2 heterocycles. The largest absolute Gasteiger partial charge is 0.493 e. The Balaban J connectivity index is 1.97. The van der Waals surface area contributed by atoms with Crippen LogP contribution in [0, 0.1) is 5.82 Å². The van der Waals surface area contributed by atoms with Gasteiger partial charge >= 0.3 is 0 Å². The zero-order valence-electron chi connectivity index (χ0n) is 12.6. The molecule has 3 N–H and O–H groups in total. The monoisotopic (exact) mass is 308 g/mol. The van der Waals surface area contributed by atoms with Crippen molar-refractivity contribution in [3.63, 3.8) is 0 Å². The molecule has 120 valence electrons. The van der Waals surface area contributed by atoms with E-state index in [-0.39, 0.29) is 23.9 Å². The second-order valence-corrected chi connectivity index (χ2v) is 5.88. The predicted octanol–water partition coefficient (Wildman–Crippen LogP) is 1.96. The van der Waals surface area contributed by atoms with E-state index < -0.39 is 6.04 Å². The summed E-state index contributed by atoms with van der Waals surface area (Å²) >= 11 is 0. The number of amides is 1. The van der Waals surface area contributed by atoms with E-state index in [0.29, 0.717) is 36.5 Å². The van der Waals surface area contributed by atoms with Gasteiger partial charge in [0.1, 0.15) is 11.6 Å². The SMILES string of the molecule is CC(=O)NC1CCOc2c1cc(F)cc2C(N)C1CCCO1. The Labute approximate surface area is 129 Å². The van der Waals surface area contributed by atoms with Crippen LogP contribution >= 0.6 is 0 Å². The Hall–Kier alpha value is -1.66. The van der Waals surface area contributed by atoms with Gasteiger partial charge in [0.05, 0.1) is 24.8 Å². The van der Waals surface area contributed by atoms with Gasteiger partial charge in [-0.15, -0.1) is 0 Å². The van der Waals surface area contributed by atoms with Gasteiger partial charge in [-0.25, -0.2) is 4.39 Å². The summed E-state index contributed by atoms with van der Waals surface area (Å²) in [6, 6.07) is 2.16. The molecule has 3 atom stereocenters. The average molecular weight is 308 g/mol. The van der Waals surface area contributed by atoms with Crippen molar-refractivity contribution in [2.75, 3.05) is 13.2 Å². The lowest BCUT2D eigenvalue weighted by molar-refractivity contribution is -0.119. The first-order chi connectivity index (χ1) is 10.6.